The van der Waals surface area contributed by atoms with E-state index in [9.17, 15) is 39.5 Å². The molecule has 0 spiro atoms. The van der Waals surface area contributed by atoms with Gasteiger partial charge in [-0.15, -0.1) is 0 Å². The number of alkyl halides is 9. The highest BCUT2D eigenvalue weighted by molar-refractivity contribution is 5.28. The normalized spacial score (nSPS) is 15.3. The minimum Gasteiger partial charge on any atom is -0.497 e. The number of hydrogen-bond donors (Lipinski definition) is 0. The van der Waals surface area contributed by atoms with Gasteiger partial charge < -0.3 is 4.74 Å². The molecule has 0 amide bonds. The summed E-state index contributed by atoms with van der Waals surface area (Å²) in [4.78, 5) is 9.51. The third-order valence-corrected chi connectivity index (χ3v) is 3.55. The molecule has 0 aliphatic rings. The molecule has 3 nitrogen and oxygen atoms in total. The van der Waals surface area contributed by atoms with Gasteiger partial charge in [-0.25, -0.2) is 9.78 Å². The maximum Gasteiger partial charge on any atom is 0.460 e. The van der Waals surface area contributed by atoms with Gasteiger partial charge in [-0.05, 0) is 38.5 Å². The number of rotatable bonds is 8. The average Bonchev–Trinajstić information content (AvgIpc) is 2.56. The summed E-state index contributed by atoms with van der Waals surface area (Å²) in [6.07, 6.45) is -11.2. The zero-order valence-electron chi connectivity index (χ0n) is 15.7. The van der Waals surface area contributed by atoms with Crippen molar-refractivity contribution in [2.45, 2.75) is 62.8 Å². The second-order valence-electron chi connectivity index (χ2n) is 7.11. The van der Waals surface area contributed by atoms with Crippen LogP contribution >= 0.6 is 0 Å². The van der Waals surface area contributed by atoms with Crippen LogP contribution in [0.4, 0.5) is 39.5 Å². The minimum atomic E-state index is -6.97. The Morgan fingerprint density at radius 2 is 1.28 bits per heavy atom. The number of ether oxygens (including phenoxy) is 1. The SMILES string of the molecule is COc1ccc(C(CC(F)(F)C(F)(F)C(F)(F)C(F)(F)F)OOC(C)(C)C)cc1. The summed E-state index contributed by atoms with van der Waals surface area (Å²) in [7, 11) is 1.28. The lowest BCUT2D eigenvalue weighted by Crippen LogP contribution is -2.61. The topological polar surface area (TPSA) is 27.7 Å². The molecule has 0 aliphatic heterocycles. The highest BCUT2D eigenvalue weighted by atomic mass is 19.4. The first-order chi connectivity index (χ1) is 12.9. The van der Waals surface area contributed by atoms with Crippen LogP contribution in [0.3, 0.4) is 0 Å². The lowest BCUT2D eigenvalue weighted by Gasteiger charge is -2.35. The fourth-order valence-electron chi connectivity index (χ4n) is 2.00. The Labute approximate surface area is 160 Å². The molecule has 0 bridgehead atoms. The van der Waals surface area contributed by atoms with E-state index in [0.717, 1.165) is 12.1 Å². The predicted octanol–water partition coefficient (Wildman–Crippen LogP) is 6.34. The van der Waals surface area contributed by atoms with Gasteiger partial charge in [0.15, 0.2) is 0 Å². The summed E-state index contributed by atoms with van der Waals surface area (Å²) in [5, 5.41) is 0. The molecule has 12 heteroatoms. The maximum absolute atomic E-state index is 14.0. The second kappa shape index (κ2) is 8.21. The molecule has 29 heavy (non-hydrogen) atoms. The molecule has 0 fully saturated rings. The van der Waals surface area contributed by atoms with Crippen molar-refractivity contribution in [1.29, 1.82) is 0 Å². The van der Waals surface area contributed by atoms with Gasteiger partial charge in [0.2, 0.25) is 0 Å². The first-order valence-electron chi connectivity index (χ1n) is 8.04. The van der Waals surface area contributed by atoms with Crippen LogP contribution in [0.15, 0.2) is 24.3 Å². The summed E-state index contributed by atoms with van der Waals surface area (Å²) < 4.78 is 123. The molecule has 1 unspecified atom stereocenters. The predicted molar refractivity (Wildman–Crippen MR) is 83.2 cm³/mol. The molecule has 0 saturated carbocycles. The molecule has 1 atom stereocenters. The zero-order chi connectivity index (χ0) is 22.9. The first kappa shape index (κ1) is 25.3. The van der Waals surface area contributed by atoms with Gasteiger partial charge in [-0.1, -0.05) is 12.1 Å². The standard InChI is InChI=1S/C17H19F9O3/c1-13(2,3)29-28-12(10-5-7-11(27-4)8-6-10)9-14(18,19)15(20,21)16(22,23)17(24,25)26/h5-8,12H,9H2,1-4H3. The van der Waals surface area contributed by atoms with E-state index in [1.165, 1.54) is 40.0 Å². The van der Waals surface area contributed by atoms with Crippen LogP contribution in [0.2, 0.25) is 0 Å². The highest BCUT2D eigenvalue weighted by Crippen LogP contribution is 2.55. The van der Waals surface area contributed by atoms with E-state index in [4.69, 9.17) is 14.5 Å². The summed E-state index contributed by atoms with van der Waals surface area (Å²) in [6.45, 7) is 4.22. The molecule has 0 aliphatic carbocycles. The van der Waals surface area contributed by atoms with Crippen LogP contribution in [0.5, 0.6) is 5.75 Å². The van der Waals surface area contributed by atoms with E-state index in [-0.39, 0.29) is 11.3 Å². The van der Waals surface area contributed by atoms with E-state index in [2.05, 4.69) is 0 Å². The van der Waals surface area contributed by atoms with Crippen LogP contribution in [0.1, 0.15) is 38.9 Å². The largest absolute Gasteiger partial charge is 0.497 e. The van der Waals surface area contributed by atoms with Crippen molar-refractivity contribution in [1.82, 2.24) is 0 Å². The van der Waals surface area contributed by atoms with E-state index in [0.29, 0.717) is 0 Å². The molecule has 0 saturated heterocycles. The molecule has 0 heterocycles. The lowest BCUT2D eigenvalue weighted by molar-refractivity contribution is -0.413. The van der Waals surface area contributed by atoms with Crippen molar-refractivity contribution >= 4 is 0 Å². The Morgan fingerprint density at radius 1 is 0.793 bits per heavy atom. The van der Waals surface area contributed by atoms with Gasteiger partial charge in [0.1, 0.15) is 11.9 Å². The summed E-state index contributed by atoms with van der Waals surface area (Å²) >= 11 is 0. The molecule has 1 aromatic rings. The maximum atomic E-state index is 14.0. The van der Waals surface area contributed by atoms with Gasteiger partial charge in [-0.2, -0.15) is 39.5 Å². The van der Waals surface area contributed by atoms with Crippen LogP contribution < -0.4 is 4.74 Å². The minimum absolute atomic E-state index is 0.235. The number of hydrogen-bond acceptors (Lipinski definition) is 3. The molecule has 0 radical (unpaired) electrons. The van der Waals surface area contributed by atoms with E-state index < -0.39 is 42.1 Å². The second-order valence-corrected chi connectivity index (χ2v) is 7.11. The smallest absolute Gasteiger partial charge is 0.460 e. The van der Waals surface area contributed by atoms with Crippen molar-refractivity contribution in [2.75, 3.05) is 7.11 Å². The number of methoxy groups -OCH3 is 1. The molecular weight excluding hydrogens is 423 g/mol. The van der Waals surface area contributed by atoms with Gasteiger partial charge in [-0.3, -0.25) is 0 Å². The quantitative estimate of drug-likeness (QED) is 0.267. The van der Waals surface area contributed by atoms with Crippen molar-refractivity contribution < 1.29 is 54.0 Å². The molecule has 0 aromatic heterocycles. The van der Waals surface area contributed by atoms with Crippen molar-refractivity contribution in [2.24, 2.45) is 0 Å². The molecule has 0 N–H and O–H groups in total. The van der Waals surface area contributed by atoms with Crippen LogP contribution in [-0.4, -0.2) is 36.7 Å². The molecule has 1 rings (SSSR count). The Bertz CT molecular complexity index is 664. The third kappa shape index (κ3) is 5.68. The highest BCUT2D eigenvalue weighted by Gasteiger charge is 2.81. The average molecular weight is 442 g/mol. The van der Waals surface area contributed by atoms with Crippen LogP contribution in [0, 0.1) is 0 Å². The van der Waals surface area contributed by atoms with Crippen LogP contribution in [-0.2, 0) is 9.78 Å². The summed E-state index contributed by atoms with van der Waals surface area (Å²) in [5.74, 6) is -19.3. The zero-order valence-corrected chi connectivity index (χ0v) is 15.7. The van der Waals surface area contributed by atoms with Gasteiger partial charge >= 0.3 is 23.9 Å². The van der Waals surface area contributed by atoms with Crippen molar-refractivity contribution in [3.05, 3.63) is 29.8 Å². The summed E-state index contributed by atoms with van der Waals surface area (Å²) in [5.41, 5.74) is -1.36. The summed E-state index contributed by atoms with van der Waals surface area (Å²) in [6, 6.07) is 4.63. The first-order valence-corrected chi connectivity index (χ1v) is 8.04. The third-order valence-electron chi connectivity index (χ3n) is 3.55. The fourth-order valence-corrected chi connectivity index (χ4v) is 2.00. The molecule has 1 aromatic carbocycles. The Hall–Kier alpha value is -1.69. The van der Waals surface area contributed by atoms with Gasteiger partial charge in [0.05, 0.1) is 19.1 Å². The van der Waals surface area contributed by atoms with Crippen molar-refractivity contribution in [3.8, 4) is 5.75 Å². The van der Waals surface area contributed by atoms with E-state index in [1.807, 2.05) is 0 Å². The molecular formula is C17H19F9O3. The van der Waals surface area contributed by atoms with Crippen LogP contribution in [0.25, 0.3) is 0 Å². The number of halogens is 9. The van der Waals surface area contributed by atoms with Gasteiger partial charge in [0, 0.05) is 0 Å². The molecule has 168 valence electrons. The van der Waals surface area contributed by atoms with E-state index >= 15 is 0 Å². The van der Waals surface area contributed by atoms with Gasteiger partial charge in [0.25, 0.3) is 0 Å². The Morgan fingerprint density at radius 3 is 1.66 bits per heavy atom. The Balaban J connectivity index is 3.27. The van der Waals surface area contributed by atoms with Crippen molar-refractivity contribution in [3.63, 3.8) is 0 Å². The monoisotopic (exact) mass is 442 g/mol. The number of benzene rings is 1. The lowest BCUT2D eigenvalue weighted by atomic mass is 9.95. The van der Waals surface area contributed by atoms with E-state index in [1.54, 1.807) is 0 Å². The Kier molecular flexibility index (Phi) is 7.18. The fraction of sp³-hybridized carbons (Fsp3) is 0.647.